The van der Waals surface area contributed by atoms with Crippen LogP contribution < -0.4 is 5.32 Å². The summed E-state index contributed by atoms with van der Waals surface area (Å²) >= 11 is 0. The topological polar surface area (TPSA) is 105 Å². The summed E-state index contributed by atoms with van der Waals surface area (Å²) in [5.74, 6) is -0.185. The normalized spacial score (nSPS) is 14.2. The van der Waals surface area contributed by atoms with Crippen molar-refractivity contribution in [3.63, 3.8) is 0 Å². The molecule has 0 aliphatic heterocycles. The van der Waals surface area contributed by atoms with Crippen LogP contribution in [0.2, 0.25) is 0 Å². The van der Waals surface area contributed by atoms with Gasteiger partial charge < -0.3 is 19.8 Å². The summed E-state index contributed by atoms with van der Waals surface area (Å²) in [6.07, 6.45) is 62.7. The molecule has 66 heavy (non-hydrogen) atoms. The highest BCUT2D eigenvalue weighted by atomic mass is 31.2. The molecule has 0 saturated carbocycles. The molecular formula is C57H112N2O6P+. The Morgan fingerprint density at radius 1 is 0.500 bits per heavy atom. The van der Waals surface area contributed by atoms with Crippen molar-refractivity contribution in [3.8, 4) is 0 Å². The highest BCUT2D eigenvalue weighted by Gasteiger charge is 2.27. The van der Waals surface area contributed by atoms with Crippen LogP contribution in [0.1, 0.15) is 271 Å². The number of hydrogen-bond donors (Lipinski definition) is 3. The van der Waals surface area contributed by atoms with E-state index in [1.54, 1.807) is 6.08 Å². The van der Waals surface area contributed by atoms with Crippen LogP contribution in [0.15, 0.2) is 36.5 Å². The van der Waals surface area contributed by atoms with Crippen molar-refractivity contribution in [1.82, 2.24) is 5.32 Å². The number of aliphatic hydroxyl groups is 1. The van der Waals surface area contributed by atoms with Gasteiger partial charge in [0, 0.05) is 6.42 Å². The fourth-order valence-corrected chi connectivity index (χ4v) is 9.08. The van der Waals surface area contributed by atoms with Crippen LogP contribution >= 0.6 is 7.82 Å². The highest BCUT2D eigenvalue weighted by molar-refractivity contribution is 7.47. The molecular weight excluding hydrogens is 840 g/mol. The number of allylic oxidation sites excluding steroid dienone is 5. The van der Waals surface area contributed by atoms with Gasteiger partial charge in [-0.2, -0.15) is 0 Å². The lowest BCUT2D eigenvalue weighted by molar-refractivity contribution is -0.870. The second-order valence-electron chi connectivity index (χ2n) is 20.7. The molecule has 3 atom stereocenters. The molecule has 0 aromatic rings. The number of nitrogens with zero attached hydrogens (tertiary/aromatic N) is 1. The fourth-order valence-electron chi connectivity index (χ4n) is 8.35. The molecule has 0 heterocycles. The number of carbonyl (C=O) groups is 1. The predicted octanol–water partition coefficient (Wildman–Crippen LogP) is 17.0. The lowest BCUT2D eigenvalue weighted by Crippen LogP contribution is -2.45. The van der Waals surface area contributed by atoms with E-state index in [4.69, 9.17) is 9.05 Å². The average Bonchev–Trinajstić information content (AvgIpc) is 3.28. The van der Waals surface area contributed by atoms with Crippen LogP contribution in [0.25, 0.3) is 0 Å². The van der Waals surface area contributed by atoms with Gasteiger partial charge in [0.15, 0.2) is 0 Å². The number of phosphoric acid groups is 1. The minimum Gasteiger partial charge on any atom is -0.387 e. The summed E-state index contributed by atoms with van der Waals surface area (Å²) in [5, 5.41) is 13.8. The van der Waals surface area contributed by atoms with Crippen LogP contribution in [0.3, 0.4) is 0 Å². The van der Waals surface area contributed by atoms with E-state index in [2.05, 4.69) is 43.5 Å². The molecule has 1 amide bonds. The first-order chi connectivity index (χ1) is 32.0. The Kier molecular flexibility index (Phi) is 47.8. The molecule has 0 saturated heterocycles. The number of carbonyl (C=O) groups excluding carboxylic acids is 1. The van der Waals surface area contributed by atoms with E-state index < -0.39 is 20.0 Å². The molecule has 8 nitrogen and oxygen atoms in total. The summed E-state index contributed by atoms with van der Waals surface area (Å²) in [7, 11) is 1.56. The van der Waals surface area contributed by atoms with Gasteiger partial charge in [0.05, 0.1) is 39.9 Å². The Bertz CT molecular complexity index is 1170. The second kappa shape index (κ2) is 48.7. The molecule has 0 spiro atoms. The molecule has 0 bridgehead atoms. The minimum atomic E-state index is -4.34. The molecule has 0 radical (unpaired) electrons. The number of quaternary nitrogens is 1. The number of unbranched alkanes of at least 4 members (excludes halogenated alkanes) is 35. The van der Waals surface area contributed by atoms with Crippen molar-refractivity contribution in [2.24, 2.45) is 0 Å². The lowest BCUT2D eigenvalue weighted by atomic mass is 10.0. The summed E-state index contributed by atoms with van der Waals surface area (Å²) < 4.78 is 23.6. The first-order valence-corrected chi connectivity index (χ1v) is 29.9. The van der Waals surface area contributed by atoms with E-state index in [1.807, 2.05) is 27.2 Å². The van der Waals surface area contributed by atoms with Gasteiger partial charge in [-0.25, -0.2) is 4.57 Å². The van der Waals surface area contributed by atoms with E-state index in [0.717, 1.165) is 38.5 Å². The van der Waals surface area contributed by atoms with Crippen LogP contribution in [0, 0.1) is 0 Å². The first kappa shape index (κ1) is 64.7. The predicted molar refractivity (Wildman–Crippen MR) is 286 cm³/mol. The maximum atomic E-state index is 12.9. The van der Waals surface area contributed by atoms with Crippen molar-refractivity contribution in [1.29, 1.82) is 0 Å². The van der Waals surface area contributed by atoms with Gasteiger partial charge in [-0.3, -0.25) is 13.8 Å². The van der Waals surface area contributed by atoms with Crippen LogP contribution in [-0.2, 0) is 18.4 Å². The molecule has 390 valence electrons. The Balaban J connectivity index is 3.95. The third-order valence-corrected chi connectivity index (χ3v) is 13.8. The second-order valence-corrected chi connectivity index (χ2v) is 22.1. The average molecular weight is 953 g/mol. The van der Waals surface area contributed by atoms with E-state index in [0.29, 0.717) is 17.4 Å². The van der Waals surface area contributed by atoms with Crippen LogP contribution in [0.5, 0.6) is 0 Å². The van der Waals surface area contributed by atoms with Crippen molar-refractivity contribution in [2.45, 2.75) is 283 Å². The third-order valence-electron chi connectivity index (χ3n) is 12.8. The maximum Gasteiger partial charge on any atom is 0.472 e. The Morgan fingerprint density at radius 2 is 0.833 bits per heavy atom. The van der Waals surface area contributed by atoms with Crippen LogP contribution in [-0.4, -0.2) is 73.4 Å². The van der Waals surface area contributed by atoms with Gasteiger partial charge in [-0.1, -0.05) is 243 Å². The maximum absolute atomic E-state index is 12.9. The van der Waals surface area contributed by atoms with Crippen molar-refractivity contribution in [3.05, 3.63) is 36.5 Å². The zero-order valence-corrected chi connectivity index (χ0v) is 45.3. The summed E-state index contributed by atoms with van der Waals surface area (Å²) in [4.78, 5) is 23.2. The summed E-state index contributed by atoms with van der Waals surface area (Å²) in [6.45, 7) is 4.79. The van der Waals surface area contributed by atoms with Crippen molar-refractivity contribution < 1.29 is 32.9 Å². The summed E-state index contributed by atoms with van der Waals surface area (Å²) in [6, 6.07) is -0.860. The molecule has 0 aliphatic rings. The number of likely N-dealkylation sites (N-methyl/N-ethyl adjacent to an activating group) is 1. The Morgan fingerprint density at radius 3 is 1.21 bits per heavy atom. The summed E-state index contributed by atoms with van der Waals surface area (Å²) in [5.41, 5.74) is 0. The van der Waals surface area contributed by atoms with Crippen molar-refractivity contribution in [2.75, 3.05) is 40.9 Å². The first-order valence-electron chi connectivity index (χ1n) is 28.4. The quantitative estimate of drug-likeness (QED) is 0.0243. The Labute approximate surface area is 410 Å². The van der Waals surface area contributed by atoms with Gasteiger partial charge in [-0.15, -0.1) is 0 Å². The molecule has 0 fully saturated rings. The fraction of sp³-hybridized carbons (Fsp3) is 0.877. The molecule has 9 heteroatoms. The number of hydrogen-bond acceptors (Lipinski definition) is 5. The molecule has 0 aliphatic carbocycles. The molecule has 3 unspecified atom stereocenters. The molecule has 3 N–H and O–H groups in total. The van der Waals surface area contributed by atoms with Gasteiger partial charge in [0.2, 0.25) is 5.91 Å². The zero-order chi connectivity index (χ0) is 48.5. The van der Waals surface area contributed by atoms with Crippen LogP contribution in [0.4, 0.5) is 0 Å². The number of nitrogens with one attached hydrogen (secondary N) is 1. The van der Waals surface area contributed by atoms with Gasteiger partial charge in [-0.05, 0) is 57.8 Å². The zero-order valence-electron chi connectivity index (χ0n) is 44.4. The SMILES string of the molecule is CCCCCCC/C=C/CC/C=C/C(O)C(COP(=O)(O)OCC[N+](C)(C)C)NC(=O)CCCCCCCCCCCCCCCCCCCCCCC/C=C\CCCCCCCCCC. The minimum absolute atomic E-state index is 0.0573. The van der Waals surface area contributed by atoms with E-state index in [-0.39, 0.29) is 19.1 Å². The third kappa shape index (κ3) is 50.6. The number of rotatable bonds is 52. The molecule has 0 rings (SSSR count). The van der Waals surface area contributed by atoms with Gasteiger partial charge in [0.1, 0.15) is 13.2 Å². The lowest BCUT2D eigenvalue weighted by Gasteiger charge is -2.25. The number of amides is 1. The molecule has 0 aromatic heterocycles. The smallest absolute Gasteiger partial charge is 0.387 e. The van der Waals surface area contributed by atoms with Crippen molar-refractivity contribution >= 4 is 13.7 Å². The number of phosphoric ester groups is 1. The Hall–Kier alpha value is -1.28. The van der Waals surface area contributed by atoms with E-state index >= 15 is 0 Å². The largest absolute Gasteiger partial charge is 0.472 e. The van der Waals surface area contributed by atoms with E-state index in [9.17, 15) is 19.4 Å². The highest BCUT2D eigenvalue weighted by Crippen LogP contribution is 2.43. The molecule has 0 aromatic carbocycles. The van der Waals surface area contributed by atoms with Gasteiger partial charge >= 0.3 is 7.82 Å². The van der Waals surface area contributed by atoms with Gasteiger partial charge in [0.25, 0.3) is 0 Å². The number of aliphatic hydroxyl groups excluding tert-OH is 1. The standard InChI is InChI=1S/C57H111N2O6P/c1-6-8-10-12-14-16-18-19-20-21-22-23-24-25-26-27-28-29-30-31-32-33-34-35-36-37-38-39-41-43-45-47-49-51-57(61)58-55(54-65-66(62,63)64-53-52-59(3,4)5)56(60)50-48-46-44-42-40-17-15-13-11-9-7-2/h21-22,40,42,48,50,55-56,60H,6-20,23-39,41,43-47,49,51-54H2,1-5H3,(H-,58,61,62,63)/p+1/b22-21-,42-40+,50-48+. The monoisotopic (exact) mass is 952 g/mol. The van der Waals surface area contributed by atoms with E-state index in [1.165, 1.54) is 212 Å².